The van der Waals surface area contributed by atoms with E-state index in [0.717, 1.165) is 6.42 Å². The molecule has 18 heavy (non-hydrogen) atoms. The standard InChI is InChI=1S/C16H32S2/c1-3-5-6-7-8-9-10-11-12-13-14-15-18-16(17)4-2/h3-15H2,1-2H3. The number of hydrogen-bond donors (Lipinski definition) is 0. The van der Waals surface area contributed by atoms with E-state index < -0.39 is 0 Å². The van der Waals surface area contributed by atoms with E-state index in [1.54, 1.807) is 0 Å². The molecule has 0 aromatic carbocycles. The van der Waals surface area contributed by atoms with Gasteiger partial charge in [0.05, 0.1) is 0 Å². The number of thiocarbonyl (C=S) groups is 1. The molecule has 0 unspecified atom stereocenters. The lowest BCUT2D eigenvalue weighted by atomic mass is 10.1. The predicted molar refractivity (Wildman–Crippen MR) is 91.8 cm³/mol. The molecule has 0 nitrogen and oxygen atoms in total. The summed E-state index contributed by atoms with van der Waals surface area (Å²) in [6.45, 7) is 4.43. The Morgan fingerprint density at radius 3 is 1.61 bits per heavy atom. The van der Waals surface area contributed by atoms with Crippen LogP contribution in [0.1, 0.15) is 90.9 Å². The van der Waals surface area contributed by atoms with Gasteiger partial charge in [-0.15, -0.1) is 11.8 Å². The molecule has 2 heteroatoms. The molecule has 0 fully saturated rings. The van der Waals surface area contributed by atoms with Gasteiger partial charge in [-0.1, -0.05) is 90.3 Å². The molecular weight excluding hydrogens is 256 g/mol. The molecule has 0 atom stereocenters. The minimum atomic E-state index is 1.05. The molecule has 108 valence electrons. The van der Waals surface area contributed by atoms with Crippen LogP contribution in [-0.4, -0.2) is 9.95 Å². The smallest absolute Gasteiger partial charge is 0.0475 e. The molecule has 0 spiro atoms. The Labute approximate surface area is 125 Å². The summed E-state index contributed by atoms with van der Waals surface area (Å²) in [5.74, 6) is 1.24. The fourth-order valence-electron chi connectivity index (χ4n) is 2.05. The zero-order valence-corrected chi connectivity index (χ0v) is 14.1. The van der Waals surface area contributed by atoms with E-state index >= 15 is 0 Å². The van der Waals surface area contributed by atoms with Gasteiger partial charge in [0, 0.05) is 4.20 Å². The second kappa shape index (κ2) is 15.5. The van der Waals surface area contributed by atoms with Gasteiger partial charge >= 0.3 is 0 Å². The largest absolute Gasteiger partial charge is 0.119 e. The Bertz CT molecular complexity index is 178. The van der Waals surface area contributed by atoms with Gasteiger partial charge in [-0.2, -0.15) is 0 Å². The zero-order valence-electron chi connectivity index (χ0n) is 12.5. The summed E-state index contributed by atoms with van der Waals surface area (Å²) in [5.41, 5.74) is 0. The average Bonchev–Trinajstić information content (AvgIpc) is 2.39. The maximum atomic E-state index is 5.20. The van der Waals surface area contributed by atoms with Crippen molar-refractivity contribution in [3.8, 4) is 0 Å². The maximum Gasteiger partial charge on any atom is 0.0475 e. The van der Waals surface area contributed by atoms with Crippen molar-refractivity contribution >= 4 is 28.2 Å². The summed E-state index contributed by atoms with van der Waals surface area (Å²) in [7, 11) is 0. The van der Waals surface area contributed by atoms with E-state index in [2.05, 4.69) is 13.8 Å². The molecule has 0 radical (unpaired) electrons. The summed E-state index contributed by atoms with van der Waals surface area (Å²) < 4.78 is 1.18. The van der Waals surface area contributed by atoms with Crippen LogP contribution >= 0.6 is 24.0 Å². The highest BCUT2D eigenvalue weighted by atomic mass is 32.2. The molecule has 0 amide bonds. The molecular formula is C16H32S2. The van der Waals surface area contributed by atoms with Crippen molar-refractivity contribution in [1.82, 2.24) is 0 Å². The molecule has 0 saturated carbocycles. The number of hydrogen-bond acceptors (Lipinski definition) is 2. The van der Waals surface area contributed by atoms with E-state index in [1.165, 1.54) is 80.6 Å². The molecule has 0 aromatic heterocycles. The lowest BCUT2D eigenvalue weighted by molar-refractivity contribution is 0.555. The first-order chi connectivity index (χ1) is 8.81. The highest BCUT2D eigenvalue weighted by Gasteiger charge is 1.95. The van der Waals surface area contributed by atoms with Gasteiger partial charge in [0.25, 0.3) is 0 Å². The topological polar surface area (TPSA) is 0 Å². The van der Waals surface area contributed by atoms with Crippen molar-refractivity contribution in [2.24, 2.45) is 0 Å². The van der Waals surface area contributed by atoms with Crippen molar-refractivity contribution in [3.63, 3.8) is 0 Å². The van der Waals surface area contributed by atoms with Crippen LogP contribution < -0.4 is 0 Å². The molecule has 0 heterocycles. The lowest BCUT2D eigenvalue weighted by Crippen LogP contribution is -1.88. The van der Waals surface area contributed by atoms with Crippen LogP contribution in [0.4, 0.5) is 0 Å². The van der Waals surface area contributed by atoms with Crippen LogP contribution in [-0.2, 0) is 0 Å². The van der Waals surface area contributed by atoms with Crippen molar-refractivity contribution in [3.05, 3.63) is 0 Å². The quantitative estimate of drug-likeness (QED) is 0.271. The van der Waals surface area contributed by atoms with Gasteiger partial charge in [-0.3, -0.25) is 0 Å². The van der Waals surface area contributed by atoms with Crippen LogP contribution in [0, 0.1) is 0 Å². The average molecular weight is 289 g/mol. The van der Waals surface area contributed by atoms with Gasteiger partial charge < -0.3 is 0 Å². The fraction of sp³-hybridized carbons (Fsp3) is 0.938. The van der Waals surface area contributed by atoms with Gasteiger partial charge in [0.15, 0.2) is 0 Å². The van der Waals surface area contributed by atoms with E-state index in [0.29, 0.717) is 0 Å². The first-order valence-electron chi connectivity index (χ1n) is 7.96. The Morgan fingerprint density at radius 1 is 0.722 bits per heavy atom. The number of thioether (sulfide) groups is 1. The van der Waals surface area contributed by atoms with Crippen LogP contribution in [0.25, 0.3) is 0 Å². The molecule has 0 aliphatic carbocycles. The Hall–Kier alpha value is 0.440. The normalized spacial score (nSPS) is 10.8. The summed E-state index contributed by atoms with van der Waals surface area (Å²) in [6, 6.07) is 0. The predicted octanol–water partition coefficient (Wildman–Crippen LogP) is 6.77. The van der Waals surface area contributed by atoms with Crippen molar-refractivity contribution < 1.29 is 0 Å². The van der Waals surface area contributed by atoms with Crippen LogP contribution in [0.2, 0.25) is 0 Å². The molecule has 0 aromatic rings. The highest BCUT2D eigenvalue weighted by Crippen LogP contribution is 2.14. The van der Waals surface area contributed by atoms with Crippen LogP contribution in [0.5, 0.6) is 0 Å². The SMILES string of the molecule is CCCCCCCCCCCCCSC(=S)CC. The summed E-state index contributed by atoms with van der Waals surface area (Å²) in [4.78, 5) is 0. The van der Waals surface area contributed by atoms with Gasteiger partial charge in [-0.25, -0.2) is 0 Å². The van der Waals surface area contributed by atoms with Crippen molar-refractivity contribution in [2.75, 3.05) is 5.75 Å². The summed E-state index contributed by atoms with van der Waals surface area (Å²) >= 11 is 7.08. The second-order valence-electron chi connectivity index (χ2n) is 5.11. The van der Waals surface area contributed by atoms with Gasteiger partial charge in [-0.05, 0) is 18.6 Å². The third kappa shape index (κ3) is 14.5. The first kappa shape index (κ1) is 18.4. The highest BCUT2D eigenvalue weighted by molar-refractivity contribution is 8.23. The third-order valence-corrected chi connectivity index (χ3v) is 5.05. The molecule has 0 bridgehead atoms. The minimum Gasteiger partial charge on any atom is -0.119 e. The number of unbranched alkanes of at least 4 members (excludes halogenated alkanes) is 10. The summed E-state index contributed by atoms with van der Waals surface area (Å²) in [6.07, 6.45) is 16.7. The fourth-order valence-corrected chi connectivity index (χ4v) is 3.08. The van der Waals surface area contributed by atoms with Gasteiger partial charge in [0.1, 0.15) is 0 Å². The van der Waals surface area contributed by atoms with Crippen molar-refractivity contribution in [1.29, 1.82) is 0 Å². The number of rotatable bonds is 13. The first-order valence-corrected chi connectivity index (χ1v) is 9.36. The molecule has 0 aliphatic heterocycles. The monoisotopic (exact) mass is 288 g/mol. The Balaban J connectivity index is 2.97. The molecule has 0 N–H and O–H groups in total. The molecule has 0 rings (SSSR count). The zero-order chi connectivity index (χ0) is 13.5. The van der Waals surface area contributed by atoms with E-state index in [1.807, 2.05) is 11.8 Å². The van der Waals surface area contributed by atoms with Crippen molar-refractivity contribution in [2.45, 2.75) is 90.9 Å². The Morgan fingerprint density at radius 2 is 1.17 bits per heavy atom. The summed E-state index contributed by atoms with van der Waals surface area (Å²) in [5, 5.41) is 0. The maximum absolute atomic E-state index is 5.20. The molecule has 0 saturated heterocycles. The lowest BCUT2D eigenvalue weighted by Gasteiger charge is -2.03. The van der Waals surface area contributed by atoms with E-state index in [9.17, 15) is 0 Å². The van der Waals surface area contributed by atoms with E-state index in [-0.39, 0.29) is 0 Å². The third-order valence-electron chi connectivity index (χ3n) is 3.30. The van der Waals surface area contributed by atoms with Crippen LogP contribution in [0.3, 0.4) is 0 Å². The molecule has 0 aliphatic rings. The van der Waals surface area contributed by atoms with Gasteiger partial charge in [0.2, 0.25) is 0 Å². The van der Waals surface area contributed by atoms with Crippen LogP contribution in [0.15, 0.2) is 0 Å². The minimum absolute atomic E-state index is 1.05. The second-order valence-corrected chi connectivity index (χ2v) is 7.05. The Kier molecular flexibility index (Phi) is 15.9. The van der Waals surface area contributed by atoms with E-state index in [4.69, 9.17) is 12.2 Å².